The lowest BCUT2D eigenvalue weighted by Gasteiger charge is -2.06. The summed E-state index contributed by atoms with van der Waals surface area (Å²) in [5.41, 5.74) is 0.183. The molecule has 0 fully saturated rings. The number of hydrogen-bond donors (Lipinski definition) is 1. The molecule has 9 nitrogen and oxygen atoms in total. The summed E-state index contributed by atoms with van der Waals surface area (Å²) in [7, 11) is 0. The average Bonchev–Trinajstić information content (AvgIpc) is 3.36. The molecule has 146 valence electrons. The highest BCUT2D eigenvalue weighted by molar-refractivity contribution is 6.30. The molecular weight excluding hydrogens is 400 g/mol. The molecule has 10 heteroatoms. The maximum Gasteiger partial charge on any atom is 0.328 e. The molecule has 0 spiro atoms. The number of ether oxygens (including phenoxy) is 2. The average molecular weight is 413 g/mol. The van der Waals surface area contributed by atoms with Crippen LogP contribution in [0.1, 0.15) is 5.89 Å². The molecule has 1 N–H and O–H groups in total. The molecule has 1 aliphatic rings. The number of H-pyrrole nitrogens is 1. The molecule has 0 bridgehead atoms. The second kappa shape index (κ2) is 6.78. The van der Waals surface area contributed by atoms with E-state index in [9.17, 15) is 9.59 Å². The summed E-state index contributed by atoms with van der Waals surface area (Å²) in [6.07, 6.45) is 0.222. The molecule has 0 aliphatic carbocycles. The van der Waals surface area contributed by atoms with E-state index in [1.807, 2.05) is 0 Å². The van der Waals surface area contributed by atoms with Crippen LogP contribution < -0.4 is 20.7 Å². The zero-order chi connectivity index (χ0) is 20.0. The van der Waals surface area contributed by atoms with Crippen LogP contribution in [-0.2, 0) is 13.0 Å². The van der Waals surface area contributed by atoms with Crippen molar-refractivity contribution in [1.82, 2.24) is 19.7 Å². The Bertz CT molecular complexity index is 1340. The lowest BCUT2D eigenvalue weighted by molar-refractivity contribution is 0.174. The molecule has 0 saturated carbocycles. The predicted molar refractivity (Wildman–Crippen MR) is 103 cm³/mol. The van der Waals surface area contributed by atoms with Gasteiger partial charge in [-0.1, -0.05) is 16.8 Å². The molecule has 2 aromatic heterocycles. The van der Waals surface area contributed by atoms with Crippen molar-refractivity contribution in [2.75, 3.05) is 6.79 Å². The van der Waals surface area contributed by atoms with Crippen molar-refractivity contribution in [3.8, 4) is 22.9 Å². The monoisotopic (exact) mass is 412 g/mol. The third kappa shape index (κ3) is 3.15. The van der Waals surface area contributed by atoms with Gasteiger partial charge in [0.15, 0.2) is 11.5 Å². The van der Waals surface area contributed by atoms with Gasteiger partial charge in [-0.05, 0) is 30.3 Å². The van der Waals surface area contributed by atoms with Crippen LogP contribution in [0, 0.1) is 0 Å². The zero-order valence-electron chi connectivity index (χ0n) is 14.8. The van der Waals surface area contributed by atoms with Gasteiger partial charge in [0.25, 0.3) is 5.56 Å². The Balaban J connectivity index is 1.42. The highest BCUT2D eigenvalue weighted by Crippen LogP contribution is 2.34. The fourth-order valence-electron chi connectivity index (χ4n) is 3.13. The third-order valence-corrected chi connectivity index (χ3v) is 4.85. The second-order valence-electron chi connectivity index (χ2n) is 6.41. The van der Waals surface area contributed by atoms with Crippen molar-refractivity contribution >= 4 is 22.5 Å². The van der Waals surface area contributed by atoms with Gasteiger partial charge in [-0.2, -0.15) is 4.98 Å². The van der Waals surface area contributed by atoms with Crippen LogP contribution in [0.4, 0.5) is 0 Å². The number of nitrogens with one attached hydrogen (secondary N) is 1. The Morgan fingerprint density at radius 3 is 2.66 bits per heavy atom. The van der Waals surface area contributed by atoms with Gasteiger partial charge in [-0.3, -0.25) is 9.36 Å². The van der Waals surface area contributed by atoms with Gasteiger partial charge in [0.05, 0.1) is 10.9 Å². The van der Waals surface area contributed by atoms with E-state index in [4.69, 9.17) is 25.6 Å². The first kappa shape index (κ1) is 17.5. The number of hydrogen-bond acceptors (Lipinski definition) is 7. The fourth-order valence-corrected chi connectivity index (χ4v) is 3.25. The number of halogens is 1. The molecule has 29 heavy (non-hydrogen) atoms. The Morgan fingerprint density at radius 2 is 1.86 bits per heavy atom. The first-order chi connectivity index (χ1) is 14.1. The number of aryl methyl sites for hydroxylation is 1. The Kier molecular flexibility index (Phi) is 4.09. The van der Waals surface area contributed by atoms with Crippen molar-refractivity contribution in [1.29, 1.82) is 0 Å². The van der Waals surface area contributed by atoms with Crippen LogP contribution in [0.3, 0.4) is 0 Å². The van der Waals surface area contributed by atoms with Gasteiger partial charge >= 0.3 is 5.69 Å². The molecule has 2 aromatic carbocycles. The standard InChI is InChI=1S/C19H13ClN4O5/c20-11-3-1-10(2-4-11)17-22-16(29-23-17)5-6-24-18(25)12-7-14-15(28-9-27-14)8-13(12)21-19(24)26/h1-4,7-8H,5-6,9H2,(H,21,26). The highest BCUT2D eigenvalue weighted by Gasteiger charge is 2.18. The van der Waals surface area contributed by atoms with E-state index < -0.39 is 11.2 Å². The third-order valence-electron chi connectivity index (χ3n) is 4.59. The van der Waals surface area contributed by atoms with Gasteiger partial charge in [0, 0.05) is 29.6 Å². The number of nitrogens with zero attached hydrogens (tertiary/aromatic N) is 3. The summed E-state index contributed by atoms with van der Waals surface area (Å²) in [5.74, 6) is 1.68. The number of benzene rings is 2. The summed E-state index contributed by atoms with van der Waals surface area (Å²) in [4.78, 5) is 32.2. The number of rotatable bonds is 4. The fraction of sp³-hybridized carbons (Fsp3) is 0.158. The summed E-state index contributed by atoms with van der Waals surface area (Å²) in [5, 5.41) is 4.87. The van der Waals surface area contributed by atoms with Gasteiger partial charge < -0.3 is 19.0 Å². The largest absolute Gasteiger partial charge is 0.454 e. The lowest BCUT2D eigenvalue weighted by atomic mass is 10.2. The minimum atomic E-state index is -0.529. The Labute approximate surface area is 167 Å². The first-order valence-corrected chi connectivity index (χ1v) is 9.11. The summed E-state index contributed by atoms with van der Waals surface area (Å²) in [6.45, 7) is 0.165. The van der Waals surface area contributed by atoms with Crippen LogP contribution in [0.25, 0.3) is 22.3 Å². The topological polar surface area (TPSA) is 112 Å². The first-order valence-electron chi connectivity index (χ1n) is 8.73. The molecule has 0 atom stereocenters. The molecule has 0 saturated heterocycles. The van der Waals surface area contributed by atoms with Crippen LogP contribution in [0.5, 0.6) is 11.5 Å². The molecule has 3 heterocycles. The minimum absolute atomic E-state index is 0.0805. The van der Waals surface area contributed by atoms with Crippen molar-refractivity contribution in [3.05, 3.63) is 68.1 Å². The lowest BCUT2D eigenvalue weighted by Crippen LogP contribution is -2.35. The quantitative estimate of drug-likeness (QED) is 0.547. The Hall–Kier alpha value is -3.59. The van der Waals surface area contributed by atoms with Gasteiger partial charge in [-0.15, -0.1) is 0 Å². The van der Waals surface area contributed by atoms with E-state index >= 15 is 0 Å². The summed E-state index contributed by atoms with van der Waals surface area (Å²) in [6, 6.07) is 10.2. The normalized spacial score (nSPS) is 12.6. The van der Waals surface area contributed by atoms with E-state index in [1.54, 1.807) is 36.4 Å². The van der Waals surface area contributed by atoms with E-state index in [0.717, 1.165) is 10.1 Å². The van der Waals surface area contributed by atoms with Crippen molar-refractivity contribution in [3.63, 3.8) is 0 Å². The number of fused-ring (bicyclic) bond motifs is 2. The molecule has 4 aromatic rings. The highest BCUT2D eigenvalue weighted by atomic mass is 35.5. The van der Waals surface area contributed by atoms with Gasteiger partial charge in [0.1, 0.15) is 0 Å². The smallest absolute Gasteiger partial charge is 0.328 e. The Morgan fingerprint density at radius 1 is 1.10 bits per heavy atom. The molecule has 0 unspecified atom stereocenters. The maximum atomic E-state index is 12.8. The van der Waals surface area contributed by atoms with Crippen LogP contribution in [-0.4, -0.2) is 26.5 Å². The van der Waals surface area contributed by atoms with Crippen LogP contribution >= 0.6 is 11.6 Å². The molecule has 0 radical (unpaired) electrons. The molecule has 1 aliphatic heterocycles. The predicted octanol–water partition coefficient (Wildman–Crippen LogP) is 2.36. The van der Waals surface area contributed by atoms with E-state index in [2.05, 4.69) is 15.1 Å². The van der Waals surface area contributed by atoms with E-state index in [1.165, 1.54) is 0 Å². The van der Waals surface area contributed by atoms with E-state index in [0.29, 0.717) is 39.1 Å². The van der Waals surface area contributed by atoms with Crippen LogP contribution in [0.2, 0.25) is 5.02 Å². The summed E-state index contributed by atoms with van der Waals surface area (Å²) >= 11 is 5.88. The van der Waals surface area contributed by atoms with Crippen molar-refractivity contribution in [2.45, 2.75) is 13.0 Å². The molecular formula is C19H13ClN4O5. The number of aromatic nitrogens is 4. The second-order valence-corrected chi connectivity index (χ2v) is 6.84. The van der Waals surface area contributed by atoms with Gasteiger partial charge in [0.2, 0.25) is 18.5 Å². The van der Waals surface area contributed by atoms with Gasteiger partial charge in [-0.25, -0.2) is 4.79 Å². The minimum Gasteiger partial charge on any atom is -0.454 e. The SMILES string of the molecule is O=c1[nH]c2cc3c(cc2c(=O)n1CCc1nc(-c2ccc(Cl)cc2)no1)OCO3. The molecule has 0 amide bonds. The van der Waals surface area contributed by atoms with Crippen LogP contribution in [0.15, 0.2) is 50.5 Å². The van der Waals surface area contributed by atoms with Crippen molar-refractivity contribution < 1.29 is 14.0 Å². The molecule has 5 rings (SSSR count). The van der Waals surface area contributed by atoms with E-state index in [-0.39, 0.29) is 19.8 Å². The number of aromatic amines is 1. The zero-order valence-corrected chi connectivity index (χ0v) is 15.6. The van der Waals surface area contributed by atoms with Crippen molar-refractivity contribution in [2.24, 2.45) is 0 Å². The summed E-state index contributed by atoms with van der Waals surface area (Å²) < 4.78 is 16.9. The maximum absolute atomic E-state index is 12.8.